The number of carbonyl (C=O) groups excluding carboxylic acids is 2. The molecule has 5 nitrogen and oxygen atoms in total. The van der Waals surface area contributed by atoms with Gasteiger partial charge in [0.1, 0.15) is 12.4 Å². The van der Waals surface area contributed by atoms with Crippen LogP contribution < -0.4 is 4.74 Å². The third-order valence-electron chi connectivity index (χ3n) is 5.98. The van der Waals surface area contributed by atoms with Crippen molar-refractivity contribution in [1.29, 1.82) is 0 Å². The zero-order chi connectivity index (χ0) is 22.4. The number of esters is 1. The Morgan fingerprint density at radius 2 is 1.77 bits per heavy atom. The second-order valence-corrected chi connectivity index (χ2v) is 8.64. The van der Waals surface area contributed by atoms with E-state index in [0.29, 0.717) is 12.5 Å². The van der Waals surface area contributed by atoms with E-state index in [9.17, 15) is 9.59 Å². The molecule has 2 atom stereocenters. The van der Waals surface area contributed by atoms with Gasteiger partial charge >= 0.3 is 5.97 Å². The molecule has 0 aliphatic carbocycles. The third-order valence-corrected chi connectivity index (χ3v) is 5.98. The maximum atomic E-state index is 13.1. The van der Waals surface area contributed by atoms with E-state index in [2.05, 4.69) is 19.9 Å². The average Bonchev–Trinajstić information content (AvgIpc) is 2.81. The molecule has 0 spiro atoms. The molecule has 0 radical (unpaired) electrons. The van der Waals surface area contributed by atoms with Crippen LogP contribution in [0.25, 0.3) is 0 Å². The van der Waals surface area contributed by atoms with Crippen LogP contribution in [0.2, 0.25) is 0 Å². The van der Waals surface area contributed by atoms with Crippen LogP contribution in [0.5, 0.6) is 5.75 Å². The Morgan fingerprint density at radius 1 is 1.06 bits per heavy atom. The largest absolute Gasteiger partial charge is 0.492 e. The summed E-state index contributed by atoms with van der Waals surface area (Å²) in [5.74, 6) is 0.891. The molecule has 0 saturated carbocycles. The Bertz CT molecular complexity index is 891. The number of hydrogen-bond acceptors (Lipinski definition) is 4. The first-order valence-electron chi connectivity index (χ1n) is 11.1. The summed E-state index contributed by atoms with van der Waals surface area (Å²) in [7, 11) is 1.39. The van der Waals surface area contributed by atoms with E-state index in [0.717, 1.165) is 36.3 Å². The predicted octanol–water partition coefficient (Wildman–Crippen LogP) is 5.02. The highest BCUT2D eigenvalue weighted by molar-refractivity contribution is 5.94. The van der Waals surface area contributed by atoms with E-state index in [1.807, 2.05) is 47.4 Å². The van der Waals surface area contributed by atoms with E-state index >= 15 is 0 Å². The van der Waals surface area contributed by atoms with Crippen LogP contribution in [0.1, 0.15) is 66.9 Å². The lowest BCUT2D eigenvalue weighted by molar-refractivity contribution is -0.145. The van der Waals surface area contributed by atoms with Gasteiger partial charge in [-0.05, 0) is 55.0 Å². The molecule has 0 bridgehead atoms. The number of carbonyl (C=O) groups is 2. The van der Waals surface area contributed by atoms with E-state index in [-0.39, 0.29) is 30.3 Å². The normalized spacial score (nSPS) is 17.3. The van der Waals surface area contributed by atoms with Crippen molar-refractivity contribution in [1.82, 2.24) is 4.90 Å². The van der Waals surface area contributed by atoms with Crippen molar-refractivity contribution < 1.29 is 19.1 Å². The average molecular weight is 424 g/mol. The van der Waals surface area contributed by atoms with Crippen LogP contribution in [0, 0.1) is 5.92 Å². The van der Waals surface area contributed by atoms with Gasteiger partial charge in [-0.15, -0.1) is 0 Å². The molecule has 31 heavy (non-hydrogen) atoms. The number of ether oxygens (including phenoxy) is 2. The van der Waals surface area contributed by atoms with Crippen molar-refractivity contribution in [3.8, 4) is 5.75 Å². The maximum Gasteiger partial charge on any atom is 0.311 e. The van der Waals surface area contributed by atoms with Crippen molar-refractivity contribution in [3.63, 3.8) is 0 Å². The fourth-order valence-electron chi connectivity index (χ4n) is 4.04. The lowest BCUT2D eigenvalue weighted by Gasteiger charge is -2.34. The topological polar surface area (TPSA) is 55.8 Å². The van der Waals surface area contributed by atoms with Gasteiger partial charge in [-0.3, -0.25) is 9.59 Å². The number of likely N-dealkylation sites (tertiary alicyclic amines) is 1. The molecule has 0 N–H and O–H groups in total. The van der Waals surface area contributed by atoms with E-state index in [1.54, 1.807) is 6.92 Å². The highest BCUT2D eigenvalue weighted by Crippen LogP contribution is 2.34. The van der Waals surface area contributed by atoms with Gasteiger partial charge in [0.05, 0.1) is 13.0 Å². The van der Waals surface area contributed by atoms with Crippen molar-refractivity contribution in [3.05, 3.63) is 65.2 Å². The van der Waals surface area contributed by atoms with Gasteiger partial charge in [-0.1, -0.05) is 44.2 Å². The molecule has 2 aromatic rings. The summed E-state index contributed by atoms with van der Waals surface area (Å²) in [6.45, 7) is 7.79. The Kier molecular flexibility index (Phi) is 7.72. The molecule has 1 heterocycles. The van der Waals surface area contributed by atoms with Gasteiger partial charge in [-0.25, -0.2) is 0 Å². The first-order valence-corrected chi connectivity index (χ1v) is 11.1. The monoisotopic (exact) mass is 423 g/mol. The van der Waals surface area contributed by atoms with Crippen molar-refractivity contribution in [2.24, 2.45) is 5.92 Å². The van der Waals surface area contributed by atoms with Gasteiger partial charge in [0, 0.05) is 24.6 Å². The molecule has 1 amide bonds. The number of para-hydroxylation sites is 1. The number of nitrogens with zero attached hydrogens (tertiary/aromatic N) is 1. The van der Waals surface area contributed by atoms with Crippen LogP contribution >= 0.6 is 0 Å². The third kappa shape index (κ3) is 5.66. The quantitative estimate of drug-likeness (QED) is 0.587. The summed E-state index contributed by atoms with van der Waals surface area (Å²) >= 11 is 0. The predicted molar refractivity (Wildman–Crippen MR) is 122 cm³/mol. The number of hydrogen-bond donors (Lipinski definition) is 0. The van der Waals surface area contributed by atoms with E-state index in [4.69, 9.17) is 9.47 Å². The van der Waals surface area contributed by atoms with Gasteiger partial charge in [-0.2, -0.15) is 0 Å². The molecular weight excluding hydrogens is 390 g/mol. The summed E-state index contributed by atoms with van der Waals surface area (Å²) in [6.07, 6.45) is 1.95. The molecule has 3 rings (SSSR count). The SMILES string of the molecule is COC(=O)C(C)COc1ccccc1C1CCCN(C(=O)c2ccc(C(C)C)cc2)C1. The minimum absolute atomic E-state index is 0.0812. The number of piperidine rings is 1. The molecule has 2 unspecified atom stereocenters. The van der Waals surface area contributed by atoms with Crippen LogP contribution in [0.15, 0.2) is 48.5 Å². The van der Waals surface area contributed by atoms with E-state index in [1.165, 1.54) is 12.7 Å². The second kappa shape index (κ2) is 10.5. The minimum atomic E-state index is -0.337. The molecule has 1 aliphatic rings. The minimum Gasteiger partial charge on any atom is -0.492 e. The zero-order valence-corrected chi connectivity index (χ0v) is 19.0. The Balaban J connectivity index is 1.70. The van der Waals surface area contributed by atoms with Crippen LogP contribution in [0.3, 0.4) is 0 Å². The first kappa shape index (κ1) is 22.9. The number of benzene rings is 2. The molecule has 0 aromatic heterocycles. The second-order valence-electron chi connectivity index (χ2n) is 8.64. The Labute approximate surface area is 185 Å². The van der Waals surface area contributed by atoms with E-state index < -0.39 is 0 Å². The van der Waals surface area contributed by atoms with Gasteiger partial charge in [0.25, 0.3) is 5.91 Å². The fraction of sp³-hybridized carbons (Fsp3) is 0.462. The summed E-state index contributed by atoms with van der Waals surface area (Å²) < 4.78 is 10.8. The number of amides is 1. The highest BCUT2D eigenvalue weighted by atomic mass is 16.5. The molecule has 1 aliphatic heterocycles. The molecular formula is C26H33NO4. The molecule has 1 saturated heterocycles. The standard InChI is InChI=1S/C26H33NO4/c1-18(2)20-11-13-21(14-12-20)25(28)27-15-7-8-22(16-27)23-9-5-6-10-24(23)31-17-19(3)26(29)30-4/h5-6,9-14,18-19,22H,7-8,15-17H2,1-4H3. The van der Waals surface area contributed by atoms with Gasteiger partial charge < -0.3 is 14.4 Å². The Hall–Kier alpha value is -2.82. The smallest absolute Gasteiger partial charge is 0.311 e. The number of methoxy groups -OCH3 is 1. The van der Waals surface area contributed by atoms with Crippen LogP contribution in [-0.2, 0) is 9.53 Å². The van der Waals surface area contributed by atoms with Crippen LogP contribution in [-0.4, -0.2) is 43.6 Å². The summed E-state index contributed by atoms with van der Waals surface area (Å²) in [6, 6.07) is 15.9. The van der Waals surface area contributed by atoms with Crippen molar-refractivity contribution >= 4 is 11.9 Å². The summed E-state index contributed by atoms with van der Waals surface area (Å²) in [5.41, 5.74) is 3.06. The lowest BCUT2D eigenvalue weighted by atomic mass is 9.89. The zero-order valence-electron chi connectivity index (χ0n) is 19.0. The lowest BCUT2D eigenvalue weighted by Crippen LogP contribution is -2.39. The summed E-state index contributed by atoms with van der Waals surface area (Å²) in [4.78, 5) is 26.7. The number of rotatable bonds is 7. The fourth-order valence-corrected chi connectivity index (χ4v) is 4.04. The first-order chi connectivity index (χ1) is 14.9. The Morgan fingerprint density at radius 3 is 2.45 bits per heavy atom. The molecule has 2 aromatic carbocycles. The van der Waals surface area contributed by atoms with Gasteiger partial charge in [0.15, 0.2) is 0 Å². The molecule has 5 heteroatoms. The maximum absolute atomic E-state index is 13.1. The molecule has 1 fully saturated rings. The van der Waals surface area contributed by atoms with Crippen LogP contribution in [0.4, 0.5) is 0 Å². The van der Waals surface area contributed by atoms with Crippen molar-refractivity contribution in [2.75, 3.05) is 26.8 Å². The highest BCUT2D eigenvalue weighted by Gasteiger charge is 2.27. The van der Waals surface area contributed by atoms with Crippen molar-refractivity contribution in [2.45, 2.75) is 45.4 Å². The molecule has 166 valence electrons. The summed E-state index contributed by atoms with van der Waals surface area (Å²) in [5, 5.41) is 0. The van der Waals surface area contributed by atoms with Gasteiger partial charge in [0.2, 0.25) is 0 Å².